The van der Waals surface area contributed by atoms with Gasteiger partial charge < -0.3 is 4.74 Å². The Kier molecular flexibility index (Phi) is 6.57. The third-order valence-electron chi connectivity index (χ3n) is 4.18. The van der Waals surface area contributed by atoms with Crippen molar-refractivity contribution in [2.75, 3.05) is 11.5 Å². The summed E-state index contributed by atoms with van der Waals surface area (Å²) in [7, 11) is 0. The van der Waals surface area contributed by atoms with E-state index in [1.54, 1.807) is 19.1 Å². The van der Waals surface area contributed by atoms with Crippen LogP contribution in [0.4, 0.5) is 10.1 Å². The SMILES string of the molecule is CCOC(=O)/C(C#N)=C1\SC(Cc2ccc(Cl)cc2)C(=O)N1c1ccc(F)cc1. The largest absolute Gasteiger partial charge is 0.462 e. The van der Waals surface area contributed by atoms with E-state index in [-0.39, 0.29) is 23.1 Å². The first kappa shape index (κ1) is 20.9. The van der Waals surface area contributed by atoms with Crippen LogP contribution in [0.15, 0.2) is 59.1 Å². The van der Waals surface area contributed by atoms with Gasteiger partial charge in [0.25, 0.3) is 0 Å². The summed E-state index contributed by atoms with van der Waals surface area (Å²) >= 11 is 7.03. The van der Waals surface area contributed by atoms with Gasteiger partial charge in [-0.1, -0.05) is 35.5 Å². The Morgan fingerprint density at radius 3 is 2.48 bits per heavy atom. The fourth-order valence-corrected chi connectivity index (χ4v) is 4.26. The molecule has 1 aliphatic heterocycles. The highest BCUT2D eigenvalue weighted by Crippen LogP contribution is 2.42. The molecule has 0 aromatic heterocycles. The van der Waals surface area contributed by atoms with Gasteiger partial charge in [-0.05, 0) is 55.3 Å². The lowest BCUT2D eigenvalue weighted by atomic mass is 10.1. The van der Waals surface area contributed by atoms with Crippen molar-refractivity contribution in [1.29, 1.82) is 5.26 Å². The molecule has 1 atom stereocenters. The average Bonchev–Trinajstić information content (AvgIpc) is 3.01. The number of carbonyl (C=O) groups excluding carboxylic acids is 2. The molecule has 1 fully saturated rings. The summed E-state index contributed by atoms with van der Waals surface area (Å²) in [6, 6.07) is 14.2. The minimum absolute atomic E-state index is 0.0979. The van der Waals surface area contributed by atoms with Crippen LogP contribution < -0.4 is 4.90 Å². The maximum Gasteiger partial charge on any atom is 0.351 e. The second kappa shape index (κ2) is 9.12. The van der Waals surface area contributed by atoms with Gasteiger partial charge in [0, 0.05) is 10.7 Å². The first-order valence-electron chi connectivity index (χ1n) is 8.76. The zero-order valence-corrected chi connectivity index (χ0v) is 17.0. The minimum Gasteiger partial charge on any atom is -0.462 e. The Balaban J connectivity index is 2.02. The van der Waals surface area contributed by atoms with Crippen molar-refractivity contribution in [3.63, 3.8) is 0 Å². The number of thioether (sulfide) groups is 1. The Morgan fingerprint density at radius 2 is 1.90 bits per heavy atom. The first-order valence-corrected chi connectivity index (χ1v) is 10.0. The van der Waals surface area contributed by atoms with E-state index in [4.69, 9.17) is 16.3 Å². The van der Waals surface area contributed by atoms with Crippen LogP contribution >= 0.6 is 23.4 Å². The number of halogens is 2. The highest BCUT2D eigenvalue weighted by Gasteiger charge is 2.41. The number of carbonyl (C=O) groups is 2. The number of hydrogen-bond acceptors (Lipinski definition) is 5. The highest BCUT2D eigenvalue weighted by atomic mass is 35.5. The van der Waals surface area contributed by atoms with Crippen molar-refractivity contribution in [1.82, 2.24) is 0 Å². The molecular weight excluding hydrogens is 415 g/mol. The van der Waals surface area contributed by atoms with Crippen LogP contribution in [-0.4, -0.2) is 23.7 Å². The van der Waals surface area contributed by atoms with Crippen molar-refractivity contribution >= 4 is 40.9 Å². The number of nitriles is 1. The molecule has 2 aromatic rings. The molecule has 8 heteroatoms. The fraction of sp³-hybridized carbons (Fsp3) is 0.190. The predicted octanol–water partition coefficient (Wildman–Crippen LogP) is 4.47. The Labute approximate surface area is 176 Å². The summed E-state index contributed by atoms with van der Waals surface area (Å²) in [5.41, 5.74) is 0.998. The number of amides is 1. The molecule has 0 bridgehead atoms. The number of hydrogen-bond donors (Lipinski definition) is 0. The zero-order chi connectivity index (χ0) is 21.0. The molecule has 148 valence electrons. The number of rotatable bonds is 5. The first-order chi connectivity index (χ1) is 13.9. The smallest absolute Gasteiger partial charge is 0.351 e. The molecule has 0 aliphatic carbocycles. The topological polar surface area (TPSA) is 70.4 Å². The van der Waals surface area contributed by atoms with E-state index < -0.39 is 17.0 Å². The van der Waals surface area contributed by atoms with E-state index >= 15 is 0 Å². The van der Waals surface area contributed by atoms with Gasteiger partial charge in [0.2, 0.25) is 5.91 Å². The van der Waals surface area contributed by atoms with E-state index in [9.17, 15) is 19.2 Å². The second-order valence-electron chi connectivity index (χ2n) is 6.10. The molecular formula is C21H16ClFN2O3S. The van der Waals surface area contributed by atoms with Crippen LogP contribution in [-0.2, 0) is 20.7 Å². The molecule has 2 aromatic carbocycles. The van der Waals surface area contributed by atoms with Gasteiger partial charge in [0.15, 0.2) is 5.57 Å². The van der Waals surface area contributed by atoms with Crippen LogP contribution in [0.3, 0.4) is 0 Å². The molecule has 0 spiro atoms. The monoisotopic (exact) mass is 430 g/mol. The number of ether oxygens (including phenoxy) is 1. The molecule has 0 N–H and O–H groups in total. The van der Waals surface area contributed by atoms with Crippen molar-refractivity contribution < 1.29 is 18.7 Å². The fourth-order valence-electron chi connectivity index (χ4n) is 2.83. The standard InChI is InChI=1S/C21H16ClFN2O3S/c1-2-28-21(27)17(12-24)20-25(16-9-7-15(23)8-10-16)19(26)18(29-20)11-13-3-5-14(22)6-4-13/h3-10,18H,2,11H2,1H3/b20-17-. The Bertz CT molecular complexity index is 1000. The summed E-state index contributed by atoms with van der Waals surface area (Å²) in [5, 5.41) is 9.76. The van der Waals surface area contributed by atoms with Crippen LogP contribution in [0.5, 0.6) is 0 Å². The number of esters is 1. The van der Waals surface area contributed by atoms with Crippen LogP contribution in [0.2, 0.25) is 5.02 Å². The normalized spacial score (nSPS) is 17.8. The lowest BCUT2D eigenvalue weighted by Crippen LogP contribution is -2.30. The van der Waals surface area contributed by atoms with Crippen molar-refractivity contribution in [3.05, 3.63) is 75.5 Å². The lowest BCUT2D eigenvalue weighted by Gasteiger charge is -2.18. The molecule has 1 saturated heterocycles. The van der Waals surface area contributed by atoms with Crippen molar-refractivity contribution in [3.8, 4) is 6.07 Å². The molecule has 1 unspecified atom stereocenters. The number of nitrogens with zero attached hydrogens (tertiary/aromatic N) is 2. The maximum atomic E-state index is 13.4. The second-order valence-corrected chi connectivity index (χ2v) is 7.73. The molecule has 5 nitrogen and oxygen atoms in total. The molecule has 29 heavy (non-hydrogen) atoms. The summed E-state index contributed by atoms with van der Waals surface area (Å²) in [4.78, 5) is 26.7. The quantitative estimate of drug-likeness (QED) is 0.397. The van der Waals surface area contributed by atoms with Gasteiger partial charge in [-0.3, -0.25) is 9.69 Å². The van der Waals surface area contributed by atoms with E-state index in [0.717, 1.165) is 17.3 Å². The summed E-state index contributed by atoms with van der Waals surface area (Å²) in [6.07, 6.45) is 0.378. The highest BCUT2D eigenvalue weighted by molar-refractivity contribution is 8.05. The average molecular weight is 431 g/mol. The molecule has 3 rings (SSSR count). The van der Waals surface area contributed by atoms with E-state index in [2.05, 4.69) is 0 Å². The number of anilines is 1. The molecule has 0 saturated carbocycles. The van der Waals surface area contributed by atoms with Gasteiger partial charge in [-0.25, -0.2) is 9.18 Å². The summed E-state index contributed by atoms with van der Waals surface area (Å²) in [6.45, 7) is 1.73. The number of benzene rings is 2. The lowest BCUT2D eigenvalue weighted by molar-refractivity contribution is -0.138. The van der Waals surface area contributed by atoms with Crippen LogP contribution in [0, 0.1) is 17.1 Å². The van der Waals surface area contributed by atoms with E-state index in [1.165, 1.54) is 29.2 Å². The maximum absolute atomic E-state index is 13.4. The van der Waals surface area contributed by atoms with Gasteiger partial charge >= 0.3 is 5.97 Å². The van der Waals surface area contributed by atoms with Crippen LogP contribution in [0.25, 0.3) is 0 Å². The molecule has 1 amide bonds. The van der Waals surface area contributed by atoms with Gasteiger partial charge in [-0.15, -0.1) is 0 Å². The summed E-state index contributed by atoms with van der Waals surface area (Å²) < 4.78 is 18.3. The zero-order valence-electron chi connectivity index (χ0n) is 15.4. The Hall–Kier alpha value is -2.82. The van der Waals surface area contributed by atoms with E-state index in [0.29, 0.717) is 17.1 Å². The third-order valence-corrected chi connectivity index (χ3v) is 5.69. The molecule has 1 aliphatic rings. The van der Waals surface area contributed by atoms with E-state index in [1.807, 2.05) is 18.2 Å². The predicted molar refractivity (Wildman–Crippen MR) is 110 cm³/mol. The third kappa shape index (κ3) is 4.61. The van der Waals surface area contributed by atoms with Crippen LogP contribution in [0.1, 0.15) is 12.5 Å². The molecule has 0 radical (unpaired) electrons. The molecule has 1 heterocycles. The van der Waals surface area contributed by atoms with Crippen molar-refractivity contribution in [2.45, 2.75) is 18.6 Å². The van der Waals surface area contributed by atoms with Gasteiger partial charge in [-0.2, -0.15) is 5.26 Å². The minimum atomic E-state index is -0.801. The van der Waals surface area contributed by atoms with Gasteiger partial charge in [0.1, 0.15) is 16.9 Å². The Morgan fingerprint density at radius 1 is 1.24 bits per heavy atom. The summed E-state index contributed by atoms with van der Waals surface area (Å²) in [5.74, 6) is -1.56. The van der Waals surface area contributed by atoms with Gasteiger partial charge in [0.05, 0.1) is 11.9 Å². The van der Waals surface area contributed by atoms with Crippen molar-refractivity contribution in [2.24, 2.45) is 0 Å².